The lowest BCUT2D eigenvalue weighted by atomic mass is 9.95. The molecule has 1 aromatic carbocycles. The van der Waals surface area contributed by atoms with Crippen molar-refractivity contribution in [3.05, 3.63) is 29.6 Å². The first-order valence-electron chi connectivity index (χ1n) is 8.62. The van der Waals surface area contributed by atoms with Gasteiger partial charge in [-0.25, -0.2) is 0 Å². The first-order valence-corrected chi connectivity index (χ1v) is 9.44. The van der Waals surface area contributed by atoms with E-state index >= 15 is 0 Å². The molecule has 1 unspecified atom stereocenters. The zero-order chi connectivity index (χ0) is 20.1. The predicted octanol–water partition coefficient (Wildman–Crippen LogP) is 1.10. The number of β-lactam (4-membered cyclic amide) rings is 1. The summed E-state index contributed by atoms with van der Waals surface area (Å²) in [7, 11) is 2.98. The largest absolute Gasteiger partial charge is 0.496 e. The second-order valence-electron chi connectivity index (χ2n) is 7.09. The number of methoxy groups -OCH3 is 2. The van der Waals surface area contributed by atoms with Gasteiger partial charge in [0.2, 0.25) is 5.91 Å². The first-order chi connectivity index (χ1) is 13.3. The van der Waals surface area contributed by atoms with E-state index in [4.69, 9.17) is 9.47 Å². The number of hydrogen-bond acceptors (Lipinski definition) is 8. The number of nitrogens with one attached hydrogen (secondary N) is 2. The van der Waals surface area contributed by atoms with Crippen molar-refractivity contribution in [2.75, 3.05) is 14.2 Å². The number of aromatic nitrogens is 4. The van der Waals surface area contributed by atoms with Crippen LogP contribution in [0, 0.1) is 0 Å². The molecule has 2 aromatic rings. The van der Waals surface area contributed by atoms with E-state index in [1.54, 1.807) is 23.1 Å². The molecule has 0 saturated carbocycles. The highest BCUT2D eigenvalue weighted by atomic mass is 32.2. The number of tetrazole rings is 1. The monoisotopic (exact) mass is 404 g/mol. The fourth-order valence-electron chi connectivity index (χ4n) is 3.88. The predicted molar refractivity (Wildman–Crippen MR) is 99.8 cm³/mol. The molecule has 2 aliphatic rings. The summed E-state index contributed by atoms with van der Waals surface area (Å²) in [6, 6.07) is 4.70. The number of rotatable bonds is 5. The molecule has 0 bridgehead atoms. The fraction of sp³-hybridized carbons (Fsp3) is 0.471. The maximum atomic E-state index is 13.2. The van der Waals surface area contributed by atoms with Crippen LogP contribution < -0.4 is 14.8 Å². The van der Waals surface area contributed by atoms with E-state index < -0.39 is 15.8 Å². The Labute approximate surface area is 165 Å². The van der Waals surface area contributed by atoms with Gasteiger partial charge in [0.25, 0.3) is 5.91 Å². The SMILES string of the molecule is COc1cccc(OC)c1C(=O)N[C@@]12CC(=O)N1C(c1nn[nH]n1)C(C)(C)S2. The molecular formula is C17H20N6O4S. The molecule has 4 rings (SSSR count). The number of nitrogens with zero attached hydrogens (tertiary/aromatic N) is 4. The number of thioether (sulfide) groups is 1. The summed E-state index contributed by atoms with van der Waals surface area (Å²) >= 11 is 1.49. The number of H-pyrrole nitrogens is 1. The van der Waals surface area contributed by atoms with Crippen LogP contribution in [-0.2, 0) is 4.79 Å². The number of aromatic amines is 1. The Hall–Kier alpha value is -2.82. The quantitative estimate of drug-likeness (QED) is 0.711. The maximum absolute atomic E-state index is 13.2. The highest BCUT2D eigenvalue weighted by Crippen LogP contribution is 2.62. The molecule has 2 amide bonds. The Kier molecular flexibility index (Phi) is 4.21. The van der Waals surface area contributed by atoms with Gasteiger partial charge in [0, 0.05) is 4.75 Å². The van der Waals surface area contributed by atoms with Crippen LogP contribution in [0.15, 0.2) is 18.2 Å². The molecule has 2 atom stereocenters. The second-order valence-corrected chi connectivity index (χ2v) is 9.03. The molecule has 0 aliphatic carbocycles. The van der Waals surface area contributed by atoms with Crippen LogP contribution in [0.4, 0.5) is 0 Å². The van der Waals surface area contributed by atoms with Gasteiger partial charge in [-0.3, -0.25) is 14.5 Å². The Morgan fingerprint density at radius 2 is 2.00 bits per heavy atom. The van der Waals surface area contributed by atoms with E-state index in [9.17, 15) is 9.59 Å². The van der Waals surface area contributed by atoms with Crippen molar-refractivity contribution in [3.8, 4) is 11.5 Å². The zero-order valence-electron chi connectivity index (χ0n) is 15.8. The van der Waals surface area contributed by atoms with E-state index in [1.165, 1.54) is 26.0 Å². The summed E-state index contributed by atoms with van der Waals surface area (Å²) in [5.74, 6) is 0.727. The molecule has 28 heavy (non-hydrogen) atoms. The number of amides is 2. The summed E-state index contributed by atoms with van der Waals surface area (Å²) in [6.45, 7) is 3.98. The second kappa shape index (κ2) is 6.36. The van der Waals surface area contributed by atoms with E-state index in [0.29, 0.717) is 17.3 Å². The van der Waals surface area contributed by atoms with Crippen molar-refractivity contribution >= 4 is 23.6 Å². The summed E-state index contributed by atoms with van der Waals surface area (Å²) in [5.41, 5.74) is 0.280. The van der Waals surface area contributed by atoms with Crippen molar-refractivity contribution in [3.63, 3.8) is 0 Å². The third-order valence-electron chi connectivity index (χ3n) is 4.97. The smallest absolute Gasteiger partial charge is 0.261 e. The van der Waals surface area contributed by atoms with Gasteiger partial charge in [0.15, 0.2) is 10.8 Å². The fourth-order valence-corrected chi connectivity index (χ4v) is 5.72. The van der Waals surface area contributed by atoms with Crippen molar-refractivity contribution in [1.29, 1.82) is 0 Å². The van der Waals surface area contributed by atoms with Gasteiger partial charge in [-0.05, 0) is 26.0 Å². The molecule has 0 spiro atoms. The topological polar surface area (TPSA) is 122 Å². The Morgan fingerprint density at radius 1 is 1.32 bits per heavy atom. The third-order valence-corrected chi connectivity index (χ3v) is 6.50. The number of hydrogen-bond donors (Lipinski definition) is 2. The molecule has 3 heterocycles. The van der Waals surface area contributed by atoms with Crippen LogP contribution in [0.25, 0.3) is 0 Å². The lowest BCUT2D eigenvalue weighted by molar-refractivity contribution is -0.153. The Balaban J connectivity index is 1.69. The van der Waals surface area contributed by atoms with Gasteiger partial charge in [0.05, 0.1) is 20.6 Å². The van der Waals surface area contributed by atoms with E-state index in [0.717, 1.165) is 0 Å². The van der Waals surface area contributed by atoms with E-state index in [2.05, 4.69) is 25.9 Å². The minimum Gasteiger partial charge on any atom is -0.496 e. The highest BCUT2D eigenvalue weighted by molar-refractivity contribution is 8.02. The number of ether oxygens (including phenoxy) is 2. The highest BCUT2D eigenvalue weighted by Gasteiger charge is 2.67. The minimum absolute atomic E-state index is 0.0832. The molecular weight excluding hydrogens is 384 g/mol. The molecule has 148 valence electrons. The molecule has 2 aliphatic heterocycles. The Morgan fingerprint density at radius 3 is 2.54 bits per heavy atom. The van der Waals surface area contributed by atoms with Crippen LogP contribution in [0.3, 0.4) is 0 Å². The van der Waals surface area contributed by atoms with Gasteiger partial charge in [-0.2, -0.15) is 5.21 Å². The minimum atomic E-state index is -0.894. The average molecular weight is 404 g/mol. The van der Waals surface area contributed by atoms with Gasteiger partial charge in [0.1, 0.15) is 23.1 Å². The molecule has 0 radical (unpaired) electrons. The molecule has 11 heteroatoms. The van der Waals surface area contributed by atoms with E-state index in [1.807, 2.05) is 13.8 Å². The normalized spacial score (nSPS) is 25.1. The number of carbonyl (C=O) groups excluding carboxylic acids is 2. The van der Waals surface area contributed by atoms with Gasteiger partial charge < -0.3 is 14.8 Å². The molecule has 2 fully saturated rings. The van der Waals surface area contributed by atoms with Crippen LogP contribution >= 0.6 is 11.8 Å². The van der Waals surface area contributed by atoms with Crippen LogP contribution in [0.5, 0.6) is 11.5 Å². The van der Waals surface area contributed by atoms with Crippen LogP contribution in [-0.4, -0.2) is 61.3 Å². The zero-order valence-corrected chi connectivity index (χ0v) is 16.7. The van der Waals surface area contributed by atoms with Crippen molar-refractivity contribution in [1.82, 2.24) is 30.8 Å². The lowest BCUT2D eigenvalue weighted by Gasteiger charge is -2.47. The number of benzene rings is 1. The molecule has 10 nitrogen and oxygen atoms in total. The molecule has 2 N–H and O–H groups in total. The van der Waals surface area contributed by atoms with Crippen LogP contribution in [0.1, 0.15) is 42.5 Å². The summed E-state index contributed by atoms with van der Waals surface area (Å²) in [4.78, 5) is 26.4. The van der Waals surface area contributed by atoms with Gasteiger partial charge in [-0.1, -0.05) is 11.3 Å². The van der Waals surface area contributed by atoms with Gasteiger partial charge in [-0.15, -0.1) is 22.0 Å². The van der Waals surface area contributed by atoms with E-state index in [-0.39, 0.29) is 23.8 Å². The van der Waals surface area contributed by atoms with Crippen molar-refractivity contribution in [2.24, 2.45) is 0 Å². The number of fused-ring (bicyclic) bond motifs is 1. The maximum Gasteiger partial charge on any atom is 0.261 e. The Bertz CT molecular complexity index is 911. The molecule has 1 aromatic heterocycles. The van der Waals surface area contributed by atoms with Crippen LogP contribution in [0.2, 0.25) is 0 Å². The molecule has 2 saturated heterocycles. The average Bonchev–Trinajstić information content (AvgIpc) is 3.23. The number of carbonyl (C=O) groups is 2. The summed E-state index contributed by atoms with van der Waals surface area (Å²) < 4.78 is 10.2. The lowest BCUT2D eigenvalue weighted by Crippen LogP contribution is -2.67. The van der Waals surface area contributed by atoms with Crippen molar-refractivity contribution in [2.45, 2.75) is 36.1 Å². The van der Waals surface area contributed by atoms with Gasteiger partial charge >= 0.3 is 0 Å². The first kappa shape index (κ1) is 18.5. The van der Waals surface area contributed by atoms with Crippen molar-refractivity contribution < 1.29 is 19.1 Å². The summed E-state index contributed by atoms with van der Waals surface area (Å²) in [6.07, 6.45) is 0.179. The summed E-state index contributed by atoms with van der Waals surface area (Å²) in [5, 5.41) is 17.2. The third kappa shape index (κ3) is 2.60. The standard InChI is InChI=1S/C17H20N6O4S/c1-16(2)13(14-19-21-22-20-14)23-11(24)8-17(23,28-16)18-15(25)12-9(26-3)6-5-7-10(12)27-4/h5-7,13H,8H2,1-4H3,(H,18,25)(H,19,20,21,22)/t13?,17-/m0/s1.